The predicted octanol–water partition coefficient (Wildman–Crippen LogP) is 5.26. The molecule has 31 heavy (non-hydrogen) atoms. The first kappa shape index (κ1) is 29.5. The molecule has 0 heterocycles. The minimum Gasteiger partial charge on any atom is -0.463 e. The second-order valence-electron chi connectivity index (χ2n) is 7.12. The van der Waals surface area contributed by atoms with Crippen LogP contribution in [0.1, 0.15) is 77.0 Å². The molecular weight excluding hydrogens is 423 g/mol. The minimum atomic E-state index is -3.97. The fourth-order valence-corrected chi connectivity index (χ4v) is 3.48. The summed E-state index contributed by atoms with van der Waals surface area (Å²) < 4.78 is 31.6. The van der Waals surface area contributed by atoms with Crippen LogP contribution >= 0.6 is 7.82 Å². The maximum Gasteiger partial charge on any atom is 0.472 e. The second-order valence-corrected chi connectivity index (χ2v) is 8.57. The molecule has 1 N–H and O–H groups in total. The molecule has 0 aliphatic heterocycles. The van der Waals surface area contributed by atoms with Crippen LogP contribution in [0.2, 0.25) is 0 Å². The van der Waals surface area contributed by atoms with Gasteiger partial charge in [0, 0.05) is 12.2 Å². The van der Waals surface area contributed by atoms with Crippen molar-refractivity contribution in [1.29, 1.82) is 0 Å². The molecule has 0 aromatic rings. The van der Waals surface area contributed by atoms with E-state index in [1.54, 1.807) is 0 Å². The molecule has 0 aliphatic carbocycles. The third kappa shape index (κ3) is 21.5. The van der Waals surface area contributed by atoms with Crippen molar-refractivity contribution >= 4 is 19.8 Å². The van der Waals surface area contributed by atoms with Crippen LogP contribution in [-0.2, 0) is 32.7 Å². The topological polar surface area (TPSA) is 108 Å². The van der Waals surface area contributed by atoms with Crippen molar-refractivity contribution in [3.8, 4) is 0 Å². The van der Waals surface area contributed by atoms with E-state index in [0.29, 0.717) is 26.1 Å². The fraction of sp³-hybridized carbons (Fsp3) is 0.727. The molecule has 0 saturated heterocycles. The number of esters is 2. The second kappa shape index (κ2) is 20.4. The highest BCUT2D eigenvalue weighted by atomic mass is 31.2. The molecule has 9 heteroatoms. The van der Waals surface area contributed by atoms with Gasteiger partial charge in [0.05, 0.1) is 26.4 Å². The maximum atomic E-state index is 11.8. The molecule has 180 valence electrons. The molecule has 0 radical (unpaired) electrons. The van der Waals surface area contributed by atoms with Gasteiger partial charge in [0.2, 0.25) is 0 Å². The number of carbonyl (C=O) groups excluding carboxylic acids is 2. The predicted molar refractivity (Wildman–Crippen MR) is 119 cm³/mol. The Morgan fingerprint density at radius 3 is 1.23 bits per heavy atom. The first-order valence-electron chi connectivity index (χ1n) is 11.1. The van der Waals surface area contributed by atoms with E-state index in [2.05, 4.69) is 13.2 Å². The molecule has 0 spiro atoms. The van der Waals surface area contributed by atoms with Gasteiger partial charge in [0.25, 0.3) is 0 Å². The zero-order valence-corrected chi connectivity index (χ0v) is 19.5. The van der Waals surface area contributed by atoms with Crippen molar-refractivity contribution in [2.24, 2.45) is 0 Å². The lowest BCUT2D eigenvalue weighted by molar-refractivity contribution is -0.138. The third-order valence-corrected chi connectivity index (χ3v) is 5.43. The quantitative estimate of drug-likeness (QED) is 0.100. The number of phosphoric acid groups is 1. The van der Waals surface area contributed by atoms with Gasteiger partial charge in [-0.2, -0.15) is 0 Å². The molecule has 0 rings (SSSR count). The summed E-state index contributed by atoms with van der Waals surface area (Å²) in [6.07, 6.45) is 13.1. The van der Waals surface area contributed by atoms with E-state index in [4.69, 9.17) is 18.5 Å². The molecule has 0 atom stereocenters. The van der Waals surface area contributed by atoms with Crippen LogP contribution in [0, 0.1) is 0 Å². The largest absolute Gasteiger partial charge is 0.472 e. The zero-order valence-electron chi connectivity index (χ0n) is 18.6. The normalized spacial score (nSPS) is 11.1. The summed E-state index contributed by atoms with van der Waals surface area (Å²) in [6.45, 7) is 7.88. The third-order valence-electron chi connectivity index (χ3n) is 4.41. The lowest BCUT2D eigenvalue weighted by atomic mass is 10.1. The van der Waals surface area contributed by atoms with E-state index in [1.165, 1.54) is 0 Å². The summed E-state index contributed by atoms with van der Waals surface area (Å²) in [5, 5.41) is 0. The Morgan fingerprint density at radius 2 is 0.903 bits per heavy atom. The van der Waals surface area contributed by atoms with Crippen molar-refractivity contribution in [2.75, 3.05) is 26.4 Å². The van der Waals surface area contributed by atoms with Gasteiger partial charge in [-0.25, -0.2) is 14.2 Å². The highest BCUT2D eigenvalue weighted by Crippen LogP contribution is 2.43. The molecule has 0 aromatic heterocycles. The van der Waals surface area contributed by atoms with Crippen LogP contribution in [0.25, 0.3) is 0 Å². The van der Waals surface area contributed by atoms with Crippen LogP contribution in [0.5, 0.6) is 0 Å². The Kier molecular flexibility index (Phi) is 19.5. The van der Waals surface area contributed by atoms with Gasteiger partial charge in [-0.1, -0.05) is 64.5 Å². The van der Waals surface area contributed by atoms with Gasteiger partial charge in [-0.05, 0) is 25.7 Å². The van der Waals surface area contributed by atoms with Crippen LogP contribution in [0.4, 0.5) is 0 Å². The van der Waals surface area contributed by atoms with Crippen molar-refractivity contribution < 1.29 is 37.6 Å². The monoisotopic (exact) mass is 462 g/mol. The van der Waals surface area contributed by atoms with Gasteiger partial charge >= 0.3 is 19.8 Å². The lowest BCUT2D eigenvalue weighted by Gasteiger charge is -2.12. The Hall–Kier alpha value is -1.47. The summed E-state index contributed by atoms with van der Waals surface area (Å²) in [6, 6.07) is 0. The first-order chi connectivity index (χ1) is 14.9. The standard InChI is InChI=1S/C22H39O8P/c1-3-21(23)27-17-13-9-5-7-11-15-19-29-31(25,26)30-20-16-12-8-6-10-14-18-28-22(24)4-2/h3-4H,1-2,5-20H2,(H,25,26). The van der Waals surface area contributed by atoms with Crippen LogP contribution < -0.4 is 0 Å². The number of unbranched alkanes of at least 4 members (excludes halogenated alkanes) is 10. The average Bonchev–Trinajstić information content (AvgIpc) is 2.75. The van der Waals surface area contributed by atoms with Crippen LogP contribution in [0.15, 0.2) is 25.3 Å². The lowest BCUT2D eigenvalue weighted by Crippen LogP contribution is -2.01. The molecule has 0 saturated carbocycles. The van der Waals surface area contributed by atoms with Crippen molar-refractivity contribution in [3.05, 3.63) is 25.3 Å². The molecule has 0 amide bonds. The summed E-state index contributed by atoms with van der Waals surface area (Å²) in [7, 11) is -3.97. The number of carbonyl (C=O) groups is 2. The number of rotatable bonds is 22. The average molecular weight is 463 g/mol. The minimum absolute atomic E-state index is 0.196. The van der Waals surface area contributed by atoms with Gasteiger partial charge in [-0.15, -0.1) is 0 Å². The molecule has 0 aliphatic rings. The van der Waals surface area contributed by atoms with E-state index in [0.717, 1.165) is 76.4 Å². The molecule has 0 fully saturated rings. The zero-order chi connectivity index (χ0) is 23.2. The van der Waals surface area contributed by atoms with Crippen LogP contribution in [0.3, 0.4) is 0 Å². The summed E-state index contributed by atoms with van der Waals surface area (Å²) >= 11 is 0. The Labute approximate surface area is 186 Å². The van der Waals surface area contributed by atoms with E-state index in [9.17, 15) is 19.0 Å². The van der Waals surface area contributed by atoms with Crippen molar-refractivity contribution in [2.45, 2.75) is 77.0 Å². The maximum absolute atomic E-state index is 11.8. The van der Waals surface area contributed by atoms with E-state index >= 15 is 0 Å². The Balaban J connectivity index is 3.40. The number of hydrogen-bond donors (Lipinski definition) is 1. The number of ether oxygens (including phenoxy) is 2. The van der Waals surface area contributed by atoms with Crippen molar-refractivity contribution in [1.82, 2.24) is 0 Å². The first-order valence-corrected chi connectivity index (χ1v) is 12.6. The van der Waals surface area contributed by atoms with E-state index in [1.807, 2.05) is 0 Å². The van der Waals surface area contributed by atoms with Gasteiger partial charge < -0.3 is 14.4 Å². The van der Waals surface area contributed by atoms with Crippen LogP contribution in [-0.4, -0.2) is 43.3 Å². The van der Waals surface area contributed by atoms with Crippen molar-refractivity contribution in [3.63, 3.8) is 0 Å². The molecule has 0 unspecified atom stereocenters. The Bertz CT molecular complexity index is 506. The highest BCUT2D eigenvalue weighted by Gasteiger charge is 2.19. The molecule has 0 aromatic carbocycles. The smallest absolute Gasteiger partial charge is 0.463 e. The Morgan fingerprint density at radius 1 is 0.613 bits per heavy atom. The molecule has 8 nitrogen and oxygen atoms in total. The van der Waals surface area contributed by atoms with E-state index in [-0.39, 0.29) is 13.2 Å². The summed E-state index contributed by atoms with van der Waals surface area (Å²) in [5.74, 6) is -0.790. The summed E-state index contributed by atoms with van der Waals surface area (Å²) in [4.78, 5) is 31.4. The van der Waals surface area contributed by atoms with Gasteiger partial charge in [0.15, 0.2) is 0 Å². The highest BCUT2D eigenvalue weighted by molar-refractivity contribution is 7.47. The van der Waals surface area contributed by atoms with E-state index < -0.39 is 19.8 Å². The molecule has 0 bridgehead atoms. The molecular formula is C22H39O8P. The number of hydrogen-bond acceptors (Lipinski definition) is 7. The van der Waals surface area contributed by atoms with Gasteiger partial charge in [0.1, 0.15) is 0 Å². The van der Waals surface area contributed by atoms with Gasteiger partial charge in [-0.3, -0.25) is 9.05 Å². The number of phosphoric ester groups is 1. The summed E-state index contributed by atoms with van der Waals surface area (Å²) in [5.41, 5.74) is 0. The fourth-order valence-electron chi connectivity index (χ4n) is 2.68. The SMILES string of the molecule is C=CC(=O)OCCCCCCCCOP(=O)(O)OCCCCCCCCOC(=O)C=C.